The van der Waals surface area contributed by atoms with Gasteiger partial charge in [0.15, 0.2) is 5.84 Å². The lowest BCUT2D eigenvalue weighted by Gasteiger charge is -2.39. The highest BCUT2D eigenvalue weighted by molar-refractivity contribution is 7.90. The number of oxime groups is 1. The summed E-state index contributed by atoms with van der Waals surface area (Å²) in [7, 11) is -3.15. The normalized spacial score (nSPS) is 20.9. The molecule has 1 aliphatic carbocycles. The first-order valence-electron chi connectivity index (χ1n) is 5.68. The van der Waals surface area contributed by atoms with Crippen LogP contribution in [-0.2, 0) is 14.6 Å². The third kappa shape index (κ3) is 3.12. The summed E-state index contributed by atoms with van der Waals surface area (Å²) in [6, 6.07) is -0.503. The van der Waals surface area contributed by atoms with Crippen molar-refractivity contribution < 1.29 is 18.4 Å². The standard InChI is InChI=1S/C10H19N3O4S/c1-7(6-18(2,16)17)12-9(14)10(4-3-5-10)8(11)13-15/h7,15H,3-6H2,1-2H3,(H2,11,13)(H,12,14). The summed E-state index contributed by atoms with van der Waals surface area (Å²) >= 11 is 0. The van der Waals surface area contributed by atoms with Gasteiger partial charge in [0.2, 0.25) is 5.91 Å². The van der Waals surface area contributed by atoms with Gasteiger partial charge in [-0.3, -0.25) is 4.79 Å². The van der Waals surface area contributed by atoms with Crippen LogP contribution in [-0.4, -0.2) is 43.4 Å². The van der Waals surface area contributed by atoms with E-state index in [0.717, 1.165) is 12.7 Å². The van der Waals surface area contributed by atoms with Crippen LogP contribution in [0.4, 0.5) is 0 Å². The van der Waals surface area contributed by atoms with E-state index >= 15 is 0 Å². The molecule has 0 heterocycles. The molecule has 1 unspecified atom stereocenters. The van der Waals surface area contributed by atoms with Gasteiger partial charge in [0.25, 0.3) is 0 Å². The van der Waals surface area contributed by atoms with Crippen molar-refractivity contribution in [1.29, 1.82) is 0 Å². The van der Waals surface area contributed by atoms with E-state index in [9.17, 15) is 13.2 Å². The summed E-state index contributed by atoms with van der Waals surface area (Å²) < 4.78 is 22.2. The van der Waals surface area contributed by atoms with E-state index in [4.69, 9.17) is 10.9 Å². The summed E-state index contributed by atoms with van der Waals surface area (Å²) in [6.45, 7) is 1.61. The van der Waals surface area contributed by atoms with Crippen LogP contribution in [0.5, 0.6) is 0 Å². The van der Waals surface area contributed by atoms with Crippen molar-refractivity contribution in [3.63, 3.8) is 0 Å². The van der Waals surface area contributed by atoms with Crippen LogP contribution in [0.25, 0.3) is 0 Å². The molecule has 0 aromatic heterocycles. The molecule has 1 amide bonds. The lowest BCUT2D eigenvalue weighted by molar-refractivity contribution is -0.131. The first-order valence-corrected chi connectivity index (χ1v) is 7.74. The van der Waals surface area contributed by atoms with Crippen molar-refractivity contribution in [2.75, 3.05) is 12.0 Å². The summed E-state index contributed by atoms with van der Waals surface area (Å²) in [5.74, 6) is -0.622. The Morgan fingerprint density at radius 1 is 1.56 bits per heavy atom. The Kier molecular flexibility index (Phi) is 4.20. The molecule has 0 saturated heterocycles. The zero-order chi connectivity index (χ0) is 14.0. The second-order valence-electron chi connectivity index (χ2n) is 4.89. The van der Waals surface area contributed by atoms with Crippen LogP contribution in [0, 0.1) is 5.41 Å². The fraction of sp³-hybridized carbons (Fsp3) is 0.800. The number of sulfone groups is 1. The number of amides is 1. The number of carbonyl (C=O) groups is 1. The Labute approximate surface area is 106 Å². The minimum atomic E-state index is -3.15. The smallest absolute Gasteiger partial charge is 0.234 e. The summed E-state index contributed by atoms with van der Waals surface area (Å²) in [6.07, 6.45) is 2.96. The number of amidine groups is 1. The van der Waals surface area contributed by atoms with Gasteiger partial charge in [0.1, 0.15) is 15.3 Å². The molecule has 4 N–H and O–H groups in total. The van der Waals surface area contributed by atoms with Gasteiger partial charge < -0.3 is 16.3 Å². The summed E-state index contributed by atoms with van der Waals surface area (Å²) in [4.78, 5) is 12.1. The van der Waals surface area contributed by atoms with E-state index < -0.39 is 21.3 Å². The van der Waals surface area contributed by atoms with Crippen molar-refractivity contribution in [1.82, 2.24) is 5.32 Å². The van der Waals surface area contributed by atoms with Crippen LogP contribution in [0.3, 0.4) is 0 Å². The van der Waals surface area contributed by atoms with E-state index in [0.29, 0.717) is 12.8 Å². The molecule has 1 saturated carbocycles. The highest BCUT2D eigenvalue weighted by atomic mass is 32.2. The van der Waals surface area contributed by atoms with Crippen LogP contribution < -0.4 is 11.1 Å². The second kappa shape index (κ2) is 5.13. The van der Waals surface area contributed by atoms with E-state index in [-0.39, 0.29) is 17.5 Å². The van der Waals surface area contributed by atoms with Gasteiger partial charge in [-0.25, -0.2) is 8.42 Å². The second-order valence-corrected chi connectivity index (χ2v) is 7.07. The molecular weight excluding hydrogens is 258 g/mol. The predicted octanol–water partition coefficient (Wildman–Crippen LogP) is -0.548. The monoisotopic (exact) mass is 277 g/mol. The fourth-order valence-electron chi connectivity index (χ4n) is 2.08. The number of carbonyl (C=O) groups excluding carboxylic acids is 1. The lowest BCUT2D eigenvalue weighted by atomic mass is 9.67. The Hall–Kier alpha value is -1.31. The molecule has 0 radical (unpaired) electrons. The van der Waals surface area contributed by atoms with Crippen molar-refractivity contribution in [3.8, 4) is 0 Å². The molecule has 104 valence electrons. The highest BCUT2D eigenvalue weighted by Crippen LogP contribution is 2.41. The Morgan fingerprint density at radius 2 is 2.11 bits per heavy atom. The summed E-state index contributed by atoms with van der Waals surface area (Å²) in [5.41, 5.74) is 4.57. The van der Waals surface area contributed by atoms with Crippen molar-refractivity contribution in [2.45, 2.75) is 32.2 Å². The average Bonchev–Trinajstić information content (AvgIpc) is 2.11. The zero-order valence-corrected chi connectivity index (χ0v) is 11.3. The topological polar surface area (TPSA) is 122 Å². The molecule has 0 aromatic carbocycles. The molecule has 0 bridgehead atoms. The highest BCUT2D eigenvalue weighted by Gasteiger charge is 2.48. The van der Waals surface area contributed by atoms with Gasteiger partial charge in [0.05, 0.1) is 5.75 Å². The maximum atomic E-state index is 12.1. The maximum absolute atomic E-state index is 12.1. The largest absolute Gasteiger partial charge is 0.409 e. The van der Waals surface area contributed by atoms with Gasteiger partial charge in [-0.2, -0.15) is 0 Å². The number of hydrogen-bond donors (Lipinski definition) is 3. The average molecular weight is 277 g/mol. The predicted molar refractivity (Wildman–Crippen MR) is 67.0 cm³/mol. The quantitative estimate of drug-likeness (QED) is 0.269. The van der Waals surface area contributed by atoms with Crippen molar-refractivity contribution in [2.24, 2.45) is 16.3 Å². The van der Waals surface area contributed by atoms with Crippen LogP contribution in [0.2, 0.25) is 0 Å². The number of nitrogens with one attached hydrogen (secondary N) is 1. The molecule has 0 aromatic rings. The zero-order valence-electron chi connectivity index (χ0n) is 10.5. The summed E-state index contributed by atoms with van der Waals surface area (Å²) in [5, 5.41) is 14.2. The molecule has 1 fully saturated rings. The minimum absolute atomic E-state index is 0.113. The first-order chi connectivity index (χ1) is 8.21. The molecular formula is C10H19N3O4S. The molecule has 7 nitrogen and oxygen atoms in total. The van der Waals surface area contributed by atoms with E-state index in [1.54, 1.807) is 6.92 Å². The van der Waals surface area contributed by atoms with Gasteiger partial charge in [-0.05, 0) is 19.8 Å². The Morgan fingerprint density at radius 3 is 2.44 bits per heavy atom. The molecule has 8 heteroatoms. The number of nitrogens with zero attached hydrogens (tertiary/aromatic N) is 1. The molecule has 1 rings (SSSR count). The van der Waals surface area contributed by atoms with Gasteiger partial charge in [-0.1, -0.05) is 11.6 Å². The Balaban J connectivity index is 2.70. The van der Waals surface area contributed by atoms with Gasteiger partial charge in [0, 0.05) is 12.3 Å². The minimum Gasteiger partial charge on any atom is -0.409 e. The number of rotatable bonds is 5. The third-order valence-corrected chi connectivity index (χ3v) is 4.28. The maximum Gasteiger partial charge on any atom is 0.234 e. The van der Waals surface area contributed by atoms with Crippen molar-refractivity contribution >= 4 is 21.6 Å². The van der Waals surface area contributed by atoms with E-state index in [1.807, 2.05) is 0 Å². The molecule has 0 aliphatic heterocycles. The molecule has 1 atom stereocenters. The van der Waals surface area contributed by atoms with Crippen LogP contribution in [0.1, 0.15) is 26.2 Å². The van der Waals surface area contributed by atoms with E-state index in [2.05, 4.69) is 10.5 Å². The van der Waals surface area contributed by atoms with E-state index in [1.165, 1.54) is 0 Å². The number of nitrogens with two attached hydrogens (primary N) is 1. The third-order valence-electron chi connectivity index (χ3n) is 3.17. The Bertz CT molecular complexity index is 454. The van der Waals surface area contributed by atoms with Gasteiger partial charge >= 0.3 is 0 Å². The van der Waals surface area contributed by atoms with Crippen molar-refractivity contribution in [3.05, 3.63) is 0 Å². The van der Waals surface area contributed by atoms with Gasteiger partial charge in [-0.15, -0.1) is 0 Å². The van der Waals surface area contributed by atoms with Crippen LogP contribution >= 0.6 is 0 Å². The number of hydrogen-bond acceptors (Lipinski definition) is 5. The fourth-order valence-corrected chi connectivity index (χ4v) is 3.07. The first kappa shape index (κ1) is 14.7. The molecule has 1 aliphatic rings. The molecule has 18 heavy (non-hydrogen) atoms. The SMILES string of the molecule is CC(CS(C)(=O)=O)NC(=O)C1(C(N)=NO)CCC1. The van der Waals surface area contributed by atoms with Crippen LogP contribution in [0.15, 0.2) is 5.16 Å². The lowest BCUT2D eigenvalue weighted by Crippen LogP contribution is -2.56. The molecule has 0 spiro atoms.